The maximum Gasteiger partial charge on any atom is 0.133 e. The van der Waals surface area contributed by atoms with E-state index in [0.29, 0.717) is 5.25 Å². The summed E-state index contributed by atoms with van der Waals surface area (Å²) >= 11 is 1.67. The Hall–Kier alpha value is 1.04. The minimum Gasteiger partial charge on any atom is -0.616 e. The van der Waals surface area contributed by atoms with Crippen molar-refractivity contribution >= 4 is 33.8 Å². The van der Waals surface area contributed by atoms with Gasteiger partial charge < -0.3 is 4.55 Å². The van der Waals surface area contributed by atoms with E-state index in [2.05, 4.69) is 22.6 Å². The van der Waals surface area contributed by atoms with Crippen LogP contribution in [-0.4, -0.2) is 15.6 Å². The minimum absolute atomic E-state index is 0.417. The highest BCUT2D eigenvalue weighted by molar-refractivity contribution is 14.1. The summed E-state index contributed by atoms with van der Waals surface area (Å²) in [7, 11) is 0. The lowest BCUT2D eigenvalue weighted by molar-refractivity contribution is 0.563. The summed E-state index contributed by atoms with van der Waals surface area (Å²) in [5.74, 6) is 0.921. The molecule has 1 aliphatic heterocycles. The Morgan fingerprint density at radius 1 is 1.86 bits per heavy atom. The molecule has 0 N–H and O–H groups in total. The third kappa shape index (κ3) is 1.23. The standard InChI is InChI=1S/C4H6IOS/c5-3-4-1-2-7(4)6/h3-4H,1-2H2. The predicted octanol–water partition coefficient (Wildman–Crippen LogP) is 1.10. The quantitative estimate of drug-likeness (QED) is 0.487. The Morgan fingerprint density at radius 3 is 2.57 bits per heavy atom. The van der Waals surface area contributed by atoms with Crippen LogP contribution in [0.3, 0.4) is 0 Å². The van der Waals surface area contributed by atoms with E-state index in [0.717, 1.165) is 12.2 Å². The highest BCUT2D eigenvalue weighted by Crippen LogP contribution is 2.24. The summed E-state index contributed by atoms with van der Waals surface area (Å²) in [6.07, 6.45) is 1.13. The van der Waals surface area contributed by atoms with Gasteiger partial charge in [0.05, 0.1) is 4.43 Å². The lowest BCUT2D eigenvalue weighted by Crippen LogP contribution is -2.35. The van der Waals surface area contributed by atoms with E-state index >= 15 is 0 Å². The molecule has 0 aromatic carbocycles. The Kier molecular flexibility index (Phi) is 2.24. The molecule has 2 atom stereocenters. The lowest BCUT2D eigenvalue weighted by Gasteiger charge is -2.27. The van der Waals surface area contributed by atoms with Crippen molar-refractivity contribution in [1.82, 2.24) is 0 Å². The normalized spacial score (nSPS) is 40.3. The third-order valence-electron chi connectivity index (χ3n) is 1.08. The van der Waals surface area contributed by atoms with Gasteiger partial charge in [0.2, 0.25) is 0 Å². The summed E-state index contributed by atoms with van der Waals surface area (Å²) in [5, 5.41) is 0.417. The largest absolute Gasteiger partial charge is 0.616 e. The number of rotatable bonds is 1. The van der Waals surface area contributed by atoms with Crippen molar-refractivity contribution in [3.8, 4) is 0 Å². The Bertz CT molecular complexity index is 66.7. The van der Waals surface area contributed by atoms with Gasteiger partial charge in [-0.2, -0.15) is 0 Å². The molecule has 1 rings (SSSR count). The van der Waals surface area contributed by atoms with Gasteiger partial charge in [-0.15, -0.1) is 0 Å². The molecule has 0 aromatic rings. The second-order valence-electron chi connectivity index (χ2n) is 1.54. The van der Waals surface area contributed by atoms with E-state index in [1.807, 2.05) is 4.43 Å². The van der Waals surface area contributed by atoms with Crippen LogP contribution in [0.4, 0.5) is 0 Å². The molecule has 0 aromatic heterocycles. The highest BCUT2D eigenvalue weighted by atomic mass is 127. The molecule has 1 heterocycles. The zero-order valence-corrected chi connectivity index (χ0v) is 6.74. The summed E-state index contributed by atoms with van der Waals surface area (Å²) in [6, 6.07) is 0. The van der Waals surface area contributed by atoms with Crippen LogP contribution in [0.25, 0.3) is 0 Å². The van der Waals surface area contributed by atoms with E-state index in [4.69, 9.17) is 0 Å². The van der Waals surface area contributed by atoms with Crippen LogP contribution in [0.2, 0.25) is 0 Å². The average molecular weight is 229 g/mol. The molecule has 0 spiro atoms. The second kappa shape index (κ2) is 2.55. The molecule has 0 aliphatic carbocycles. The molecule has 0 bridgehead atoms. The fourth-order valence-electron chi connectivity index (χ4n) is 0.471. The molecule has 0 amide bonds. The minimum atomic E-state index is -0.493. The SMILES string of the molecule is [O-][S+]1CCC1[CH]I. The Morgan fingerprint density at radius 2 is 2.57 bits per heavy atom. The molecule has 1 nitrogen and oxygen atoms in total. The van der Waals surface area contributed by atoms with Crippen LogP contribution in [0.1, 0.15) is 6.42 Å². The summed E-state index contributed by atoms with van der Waals surface area (Å²) < 4.78 is 12.5. The van der Waals surface area contributed by atoms with Gasteiger partial charge >= 0.3 is 0 Å². The van der Waals surface area contributed by atoms with Crippen molar-refractivity contribution in [2.24, 2.45) is 0 Å². The van der Waals surface area contributed by atoms with Crippen LogP contribution >= 0.6 is 22.6 Å². The van der Waals surface area contributed by atoms with Gasteiger partial charge in [-0.05, 0) is 11.2 Å². The first kappa shape index (κ1) is 6.16. The Labute approximate surface area is 60.2 Å². The molecule has 1 aliphatic rings. The first-order chi connectivity index (χ1) is 3.34. The van der Waals surface area contributed by atoms with Crippen molar-refractivity contribution < 1.29 is 4.55 Å². The third-order valence-corrected chi connectivity index (χ3v) is 4.12. The molecular formula is C4H6IOS. The van der Waals surface area contributed by atoms with Gasteiger partial charge in [-0.1, -0.05) is 22.6 Å². The van der Waals surface area contributed by atoms with Gasteiger partial charge in [0, 0.05) is 6.42 Å². The first-order valence-corrected chi connectivity index (χ1v) is 4.78. The zero-order chi connectivity index (χ0) is 5.28. The van der Waals surface area contributed by atoms with Crippen LogP contribution in [0.5, 0.6) is 0 Å². The molecule has 2 unspecified atom stereocenters. The molecule has 1 fully saturated rings. The Balaban J connectivity index is 2.16. The number of halogens is 1. The fourth-order valence-corrected chi connectivity index (χ4v) is 2.63. The summed E-state index contributed by atoms with van der Waals surface area (Å²) in [6.45, 7) is 0. The fraction of sp³-hybridized carbons (Fsp3) is 0.750. The highest BCUT2D eigenvalue weighted by Gasteiger charge is 2.31. The first-order valence-electron chi connectivity index (χ1n) is 2.15. The molecule has 1 saturated heterocycles. The predicted molar refractivity (Wildman–Crippen MR) is 39.7 cm³/mol. The molecular weight excluding hydrogens is 223 g/mol. The molecule has 3 heteroatoms. The van der Waals surface area contributed by atoms with Gasteiger partial charge in [0.15, 0.2) is 0 Å². The van der Waals surface area contributed by atoms with Crippen molar-refractivity contribution in [2.45, 2.75) is 11.7 Å². The second-order valence-corrected chi connectivity index (χ2v) is 4.03. The van der Waals surface area contributed by atoms with E-state index in [1.165, 1.54) is 0 Å². The van der Waals surface area contributed by atoms with Crippen LogP contribution < -0.4 is 0 Å². The maximum absolute atomic E-state index is 10.5. The molecule has 1 radical (unpaired) electrons. The molecule has 41 valence electrons. The lowest BCUT2D eigenvalue weighted by atomic mass is 10.3. The van der Waals surface area contributed by atoms with E-state index in [9.17, 15) is 4.55 Å². The monoisotopic (exact) mass is 229 g/mol. The smallest absolute Gasteiger partial charge is 0.133 e. The van der Waals surface area contributed by atoms with Crippen LogP contribution in [0, 0.1) is 4.43 Å². The number of hydrogen-bond acceptors (Lipinski definition) is 1. The van der Waals surface area contributed by atoms with E-state index < -0.39 is 11.2 Å². The topological polar surface area (TPSA) is 23.1 Å². The van der Waals surface area contributed by atoms with Crippen molar-refractivity contribution in [3.05, 3.63) is 4.43 Å². The van der Waals surface area contributed by atoms with E-state index in [-0.39, 0.29) is 0 Å². The van der Waals surface area contributed by atoms with E-state index in [1.54, 1.807) is 0 Å². The average Bonchev–Trinajstić information content (AvgIpc) is 1.65. The summed E-state index contributed by atoms with van der Waals surface area (Å²) in [4.78, 5) is 0. The van der Waals surface area contributed by atoms with Gasteiger partial charge in [-0.3, -0.25) is 0 Å². The molecule has 7 heavy (non-hydrogen) atoms. The van der Waals surface area contributed by atoms with Gasteiger partial charge in [0.25, 0.3) is 0 Å². The molecule has 0 saturated carbocycles. The summed E-state index contributed by atoms with van der Waals surface area (Å²) in [5.41, 5.74) is 0. The maximum atomic E-state index is 10.5. The van der Waals surface area contributed by atoms with Crippen molar-refractivity contribution in [3.63, 3.8) is 0 Å². The van der Waals surface area contributed by atoms with Gasteiger partial charge in [0.1, 0.15) is 11.0 Å². The van der Waals surface area contributed by atoms with Crippen molar-refractivity contribution in [1.29, 1.82) is 0 Å². The van der Waals surface area contributed by atoms with Crippen LogP contribution in [0.15, 0.2) is 0 Å². The van der Waals surface area contributed by atoms with Crippen LogP contribution in [-0.2, 0) is 11.2 Å². The van der Waals surface area contributed by atoms with Crippen molar-refractivity contribution in [2.75, 3.05) is 5.75 Å². The number of hydrogen-bond donors (Lipinski definition) is 0. The van der Waals surface area contributed by atoms with Gasteiger partial charge in [-0.25, -0.2) is 0 Å². The zero-order valence-electron chi connectivity index (χ0n) is 3.76.